The van der Waals surface area contributed by atoms with E-state index in [0.717, 1.165) is 56.1 Å². The smallest absolute Gasteiger partial charge is 0.167 e. The third kappa shape index (κ3) is 3.57. The second-order valence-corrected chi connectivity index (χ2v) is 6.88. The number of piperazine rings is 1. The number of fused-ring (bicyclic) bond motifs is 1. The van der Waals surface area contributed by atoms with Crippen molar-refractivity contribution in [3.05, 3.63) is 59.7 Å². The van der Waals surface area contributed by atoms with Crippen molar-refractivity contribution in [2.45, 2.75) is 6.42 Å². The highest BCUT2D eigenvalue weighted by atomic mass is 35.5. The summed E-state index contributed by atoms with van der Waals surface area (Å²) in [6, 6.07) is 16.2. The van der Waals surface area contributed by atoms with Gasteiger partial charge in [-0.15, -0.1) is 12.4 Å². The summed E-state index contributed by atoms with van der Waals surface area (Å²) in [5, 5.41) is 0. The van der Waals surface area contributed by atoms with Gasteiger partial charge in [-0.3, -0.25) is 9.69 Å². The van der Waals surface area contributed by atoms with E-state index in [1.807, 2.05) is 30.3 Å². The molecule has 0 amide bonds. The Kier molecular flexibility index (Phi) is 5.84. The Morgan fingerprint density at radius 1 is 1.00 bits per heavy atom. The van der Waals surface area contributed by atoms with E-state index in [0.29, 0.717) is 5.78 Å². The molecule has 0 radical (unpaired) electrons. The average molecular weight is 373 g/mol. The number of Topliss-reactive ketones (excluding diaryl/α,β-unsaturated/α-hetero) is 1. The molecule has 4 nitrogen and oxygen atoms in total. The molecule has 1 atom stereocenters. The van der Waals surface area contributed by atoms with Gasteiger partial charge >= 0.3 is 0 Å². The van der Waals surface area contributed by atoms with Crippen molar-refractivity contribution in [1.29, 1.82) is 0 Å². The Hall–Kier alpha value is -2.04. The van der Waals surface area contributed by atoms with Gasteiger partial charge in [0.25, 0.3) is 0 Å². The van der Waals surface area contributed by atoms with Crippen LogP contribution in [0.25, 0.3) is 0 Å². The minimum atomic E-state index is 0. The molecule has 138 valence electrons. The van der Waals surface area contributed by atoms with Crippen LogP contribution in [0.15, 0.2) is 48.5 Å². The number of ether oxygens (including phenoxy) is 1. The monoisotopic (exact) mass is 372 g/mol. The maximum Gasteiger partial charge on any atom is 0.167 e. The Bertz CT molecular complexity index is 772. The number of carbonyl (C=O) groups excluding carboxylic acids is 1. The number of rotatable bonds is 4. The molecule has 2 aromatic carbocycles. The first-order valence-electron chi connectivity index (χ1n) is 8.98. The summed E-state index contributed by atoms with van der Waals surface area (Å²) in [6.07, 6.45) is 0.891. The zero-order valence-electron chi connectivity index (χ0n) is 15.1. The molecular formula is C21H25ClN2O2. The lowest BCUT2D eigenvalue weighted by Gasteiger charge is -2.37. The highest BCUT2D eigenvalue weighted by Gasteiger charge is 2.32. The molecule has 1 aliphatic carbocycles. The van der Waals surface area contributed by atoms with Gasteiger partial charge in [-0.1, -0.05) is 36.4 Å². The molecule has 2 aliphatic rings. The van der Waals surface area contributed by atoms with Crippen LogP contribution in [0.3, 0.4) is 0 Å². The molecule has 1 aliphatic heterocycles. The van der Waals surface area contributed by atoms with Gasteiger partial charge in [0.1, 0.15) is 5.75 Å². The summed E-state index contributed by atoms with van der Waals surface area (Å²) in [6.45, 7) is 4.77. The van der Waals surface area contributed by atoms with Crippen LogP contribution in [-0.4, -0.2) is 50.5 Å². The molecule has 1 heterocycles. The first kappa shape index (κ1) is 18.7. The van der Waals surface area contributed by atoms with Crippen LogP contribution in [-0.2, 0) is 6.42 Å². The van der Waals surface area contributed by atoms with E-state index >= 15 is 0 Å². The van der Waals surface area contributed by atoms with E-state index in [2.05, 4.69) is 28.0 Å². The molecule has 1 saturated heterocycles. The van der Waals surface area contributed by atoms with Crippen LogP contribution in [0, 0.1) is 5.92 Å². The van der Waals surface area contributed by atoms with Crippen LogP contribution in [0.1, 0.15) is 15.9 Å². The molecule has 1 fully saturated rings. The summed E-state index contributed by atoms with van der Waals surface area (Å²) < 4.78 is 5.48. The van der Waals surface area contributed by atoms with Crippen molar-refractivity contribution >= 4 is 23.9 Å². The van der Waals surface area contributed by atoms with Gasteiger partial charge in [-0.05, 0) is 24.1 Å². The van der Waals surface area contributed by atoms with Gasteiger partial charge < -0.3 is 9.64 Å². The number of nitrogens with zero attached hydrogens (tertiary/aromatic N) is 2. The number of halogens is 1. The predicted octanol–water partition coefficient (Wildman–Crippen LogP) is 3.29. The second kappa shape index (κ2) is 8.11. The third-order valence-corrected chi connectivity index (χ3v) is 5.40. The van der Waals surface area contributed by atoms with Crippen LogP contribution in [0.5, 0.6) is 5.75 Å². The third-order valence-electron chi connectivity index (χ3n) is 5.40. The summed E-state index contributed by atoms with van der Waals surface area (Å²) in [5.74, 6) is 1.37. The molecular weight excluding hydrogens is 348 g/mol. The molecule has 2 aromatic rings. The second-order valence-electron chi connectivity index (χ2n) is 6.88. The maximum atomic E-state index is 12.6. The van der Waals surface area contributed by atoms with Gasteiger partial charge in [-0.2, -0.15) is 0 Å². The molecule has 0 bridgehead atoms. The SMILES string of the molecule is COc1ccccc1N1CCN(CC2Cc3ccccc3C2=O)CC1.Cl. The lowest BCUT2D eigenvalue weighted by atomic mass is 10.0. The highest BCUT2D eigenvalue weighted by Crippen LogP contribution is 2.30. The lowest BCUT2D eigenvalue weighted by Crippen LogP contribution is -2.48. The molecule has 0 saturated carbocycles. The standard InChI is InChI=1S/C21H24N2O2.ClH/c1-25-20-9-5-4-8-19(20)23-12-10-22(11-13-23)15-17-14-16-6-2-3-7-18(16)21(17)24;/h2-9,17H,10-15H2,1H3;1H. The quantitative estimate of drug-likeness (QED) is 0.824. The number of ketones is 1. The van der Waals surface area contributed by atoms with Crippen molar-refractivity contribution in [3.63, 3.8) is 0 Å². The molecule has 1 unspecified atom stereocenters. The van der Waals surface area contributed by atoms with Crippen LogP contribution in [0.4, 0.5) is 5.69 Å². The number of benzene rings is 2. The minimum absolute atomic E-state index is 0. The van der Waals surface area contributed by atoms with Crippen molar-refractivity contribution in [1.82, 2.24) is 4.90 Å². The van der Waals surface area contributed by atoms with Gasteiger partial charge in [0.05, 0.1) is 12.8 Å². The number of hydrogen-bond acceptors (Lipinski definition) is 4. The zero-order valence-corrected chi connectivity index (χ0v) is 15.9. The van der Waals surface area contributed by atoms with Gasteiger partial charge in [0.15, 0.2) is 5.78 Å². The average Bonchev–Trinajstić information content (AvgIpc) is 2.98. The van der Waals surface area contributed by atoms with Gasteiger partial charge in [0.2, 0.25) is 0 Å². The summed E-state index contributed by atoms with van der Waals surface area (Å²) in [7, 11) is 1.72. The van der Waals surface area contributed by atoms with Crippen LogP contribution >= 0.6 is 12.4 Å². The molecule has 0 spiro atoms. The fraction of sp³-hybridized carbons (Fsp3) is 0.381. The largest absolute Gasteiger partial charge is 0.495 e. The molecule has 5 heteroatoms. The topological polar surface area (TPSA) is 32.8 Å². The van der Waals surface area contributed by atoms with E-state index in [9.17, 15) is 4.79 Å². The fourth-order valence-electron chi connectivity index (χ4n) is 4.04. The number of para-hydroxylation sites is 2. The predicted molar refractivity (Wildman–Crippen MR) is 107 cm³/mol. The normalized spacial score (nSPS) is 19.8. The zero-order chi connectivity index (χ0) is 17.2. The molecule has 0 N–H and O–H groups in total. The number of hydrogen-bond donors (Lipinski definition) is 0. The first-order valence-corrected chi connectivity index (χ1v) is 8.98. The summed E-state index contributed by atoms with van der Waals surface area (Å²) >= 11 is 0. The minimum Gasteiger partial charge on any atom is -0.495 e. The van der Waals surface area contributed by atoms with Crippen molar-refractivity contribution < 1.29 is 9.53 Å². The number of methoxy groups -OCH3 is 1. The highest BCUT2D eigenvalue weighted by molar-refractivity contribution is 6.02. The van der Waals surface area contributed by atoms with E-state index in [-0.39, 0.29) is 18.3 Å². The van der Waals surface area contributed by atoms with E-state index in [4.69, 9.17) is 4.74 Å². The summed E-state index contributed by atoms with van der Waals surface area (Å²) in [5.41, 5.74) is 3.30. The summed E-state index contributed by atoms with van der Waals surface area (Å²) in [4.78, 5) is 17.4. The van der Waals surface area contributed by atoms with E-state index in [1.165, 1.54) is 5.56 Å². The van der Waals surface area contributed by atoms with Crippen LogP contribution < -0.4 is 9.64 Å². The van der Waals surface area contributed by atoms with Crippen molar-refractivity contribution in [2.75, 3.05) is 44.7 Å². The van der Waals surface area contributed by atoms with E-state index in [1.54, 1.807) is 7.11 Å². The Labute approximate surface area is 161 Å². The molecule has 4 rings (SSSR count). The van der Waals surface area contributed by atoms with Crippen molar-refractivity contribution in [2.24, 2.45) is 5.92 Å². The number of carbonyl (C=O) groups is 1. The first-order chi connectivity index (χ1) is 12.3. The maximum absolute atomic E-state index is 12.6. The van der Waals surface area contributed by atoms with Crippen molar-refractivity contribution in [3.8, 4) is 5.75 Å². The molecule has 26 heavy (non-hydrogen) atoms. The molecule has 0 aromatic heterocycles. The number of anilines is 1. The van der Waals surface area contributed by atoms with E-state index < -0.39 is 0 Å². The Morgan fingerprint density at radius 3 is 2.42 bits per heavy atom. The van der Waals surface area contributed by atoms with Crippen LogP contribution in [0.2, 0.25) is 0 Å². The van der Waals surface area contributed by atoms with Gasteiger partial charge in [0, 0.05) is 44.2 Å². The Balaban J connectivity index is 0.00000196. The lowest BCUT2D eigenvalue weighted by molar-refractivity contribution is 0.0897. The Morgan fingerprint density at radius 2 is 1.69 bits per heavy atom. The fourth-order valence-corrected chi connectivity index (χ4v) is 4.04. The van der Waals surface area contributed by atoms with Gasteiger partial charge in [-0.25, -0.2) is 0 Å².